The number of nitrogens with one attached hydrogen (secondary N) is 3. The molecule has 18 nitrogen and oxygen atoms in total. The van der Waals surface area contributed by atoms with Gasteiger partial charge in [-0.25, -0.2) is 63.0 Å². The number of fused-ring (bicyclic) bond motifs is 3. The van der Waals surface area contributed by atoms with Gasteiger partial charge in [0.2, 0.25) is 23.6 Å². The van der Waals surface area contributed by atoms with Gasteiger partial charge in [-0.2, -0.15) is 0 Å². The minimum atomic E-state index is -0.323. The van der Waals surface area contributed by atoms with E-state index in [1.807, 2.05) is 130 Å². The summed E-state index contributed by atoms with van der Waals surface area (Å²) in [5.74, 6) is 1.87. The van der Waals surface area contributed by atoms with Crippen LogP contribution in [-0.2, 0) is 6.61 Å². The fourth-order valence-corrected chi connectivity index (χ4v) is 10.5. The van der Waals surface area contributed by atoms with E-state index in [9.17, 15) is 18.0 Å². The van der Waals surface area contributed by atoms with Crippen LogP contribution < -0.4 is 20.7 Å². The van der Waals surface area contributed by atoms with E-state index in [-0.39, 0.29) is 34.3 Å². The minimum absolute atomic E-state index is 0.00959. The molecule has 0 saturated heterocycles. The van der Waals surface area contributed by atoms with Gasteiger partial charge in [-0.05, 0) is 150 Å². The maximum Gasteiger partial charge on any atom is 0.234 e. The molecule has 14 rings (SSSR count). The van der Waals surface area contributed by atoms with Gasteiger partial charge in [0.05, 0.1) is 45.9 Å². The number of nitrogens with zero attached hydrogens (tertiary/aromatic N) is 13. The summed E-state index contributed by atoms with van der Waals surface area (Å²) in [4.78, 5) is 57.3. The Labute approximate surface area is 558 Å². The van der Waals surface area contributed by atoms with Gasteiger partial charge < -0.3 is 20.7 Å². The van der Waals surface area contributed by atoms with E-state index >= 15 is 0 Å². The highest BCUT2D eigenvalue weighted by Crippen LogP contribution is 2.37. The molecule has 0 amide bonds. The largest absolute Gasteiger partial charge is 0.485 e. The molecule has 3 N–H and O–H groups in total. The van der Waals surface area contributed by atoms with Crippen molar-refractivity contribution < 1.29 is 22.7 Å². The Bertz CT molecular complexity index is 5020. The molecule has 0 aliphatic rings. The average molecular weight is 1300 g/mol. The van der Waals surface area contributed by atoms with Gasteiger partial charge in [0.15, 0.2) is 11.4 Å². The summed E-state index contributed by atoms with van der Waals surface area (Å²) in [5.41, 5.74) is 12.8. The van der Waals surface area contributed by atoms with Crippen molar-refractivity contribution in [3.05, 3.63) is 260 Å². The van der Waals surface area contributed by atoms with E-state index in [4.69, 9.17) is 24.7 Å². The monoisotopic (exact) mass is 1290 g/mol. The first-order valence-electron chi connectivity index (χ1n) is 31.5. The van der Waals surface area contributed by atoms with Crippen molar-refractivity contribution in [2.24, 2.45) is 10.8 Å². The lowest BCUT2D eigenvalue weighted by Gasteiger charge is -2.18. The highest BCUT2D eigenvalue weighted by Gasteiger charge is 2.24. The lowest BCUT2D eigenvalue weighted by Crippen LogP contribution is -2.20. The van der Waals surface area contributed by atoms with Crippen LogP contribution in [0.5, 0.6) is 5.75 Å². The third-order valence-corrected chi connectivity index (χ3v) is 15.3. The molecular weight excluding hydrogens is 1230 g/mol. The summed E-state index contributed by atoms with van der Waals surface area (Å²) in [6, 6.07) is 53.4. The number of hydrogen-bond acceptors (Lipinski definition) is 15. The molecule has 0 radical (unpaired) electrons. The zero-order valence-electron chi connectivity index (χ0n) is 54.4. The zero-order chi connectivity index (χ0) is 67.6. The van der Waals surface area contributed by atoms with Crippen LogP contribution in [0.25, 0.3) is 85.0 Å². The highest BCUT2D eigenvalue weighted by molar-refractivity contribution is 5.85. The summed E-state index contributed by atoms with van der Waals surface area (Å²) in [6.45, 7) is 16.8. The number of anilines is 3. The smallest absolute Gasteiger partial charge is 0.234 e. The normalized spacial score (nSPS) is 11.7. The molecule has 21 heteroatoms. The molecule has 0 aliphatic carbocycles. The number of rotatable bonds is 17. The highest BCUT2D eigenvalue weighted by atomic mass is 19.1. The maximum atomic E-state index is 13.7. The second-order valence-electron chi connectivity index (χ2n) is 25.3. The lowest BCUT2D eigenvalue weighted by molar-refractivity contribution is 0.112. The predicted octanol–water partition coefficient (Wildman–Crippen LogP) is 16.7. The van der Waals surface area contributed by atoms with Crippen LogP contribution in [0.1, 0.15) is 76.0 Å². The molecule has 0 spiro atoms. The molecule has 0 fully saturated rings. The van der Waals surface area contributed by atoms with Crippen molar-refractivity contribution in [3.8, 4) is 73.7 Å². The van der Waals surface area contributed by atoms with Crippen molar-refractivity contribution >= 4 is 41.2 Å². The molecule has 5 aromatic carbocycles. The molecule has 1 atom stereocenters. The Hall–Kier alpha value is -12.0. The molecule has 9 heterocycles. The Kier molecular flexibility index (Phi) is 19.3. The number of halogens is 3. The number of carbonyl (C=O) groups is 1. The number of imidazole rings is 3. The Balaban J connectivity index is 0.000000140. The molecule has 97 heavy (non-hydrogen) atoms. The maximum absolute atomic E-state index is 13.7. The second kappa shape index (κ2) is 28.7. The first-order chi connectivity index (χ1) is 46.9. The number of aromatic nitrogens is 13. The SMILES string of the molecule is CC(C)(C)CNc1nccc(-c2c(-c3ccc(F)cc3)nc3c(OCc4ccccc4)cccn23)n1.CC(C)(C)CNc1nccc(-c2c(-c3ccc(F)cc3)nc3ncccn23)n1.C[C@H](Nc1nccc(-c2c(-c3ccc(F)cc3)nc3cc(C=O)ccn23)n1)c1ccccc1. The average Bonchev–Trinajstić information content (AvgIpc) is 1.64. The number of carbonyl (C=O) groups excluding carboxylic acids is 1. The van der Waals surface area contributed by atoms with Crippen molar-refractivity contribution in [1.29, 1.82) is 0 Å². The van der Waals surface area contributed by atoms with E-state index in [0.717, 1.165) is 64.3 Å². The van der Waals surface area contributed by atoms with Gasteiger partial charge in [0.25, 0.3) is 0 Å². The van der Waals surface area contributed by atoms with Crippen molar-refractivity contribution in [3.63, 3.8) is 0 Å². The van der Waals surface area contributed by atoms with E-state index in [1.165, 1.54) is 36.4 Å². The molecule has 0 unspecified atom stereocenters. The number of ether oxygens (including phenoxy) is 1. The summed E-state index contributed by atoms with van der Waals surface area (Å²) < 4.78 is 52.6. The fourth-order valence-electron chi connectivity index (χ4n) is 10.5. The van der Waals surface area contributed by atoms with E-state index < -0.39 is 0 Å². The molecule has 9 aromatic heterocycles. The fraction of sp³-hybridized carbons (Fsp3) is 0.171. The van der Waals surface area contributed by atoms with Gasteiger partial charge in [-0.1, -0.05) is 102 Å². The van der Waals surface area contributed by atoms with Crippen LogP contribution in [0.4, 0.5) is 31.0 Å². The topological polar surface area (TPSA) is 205 Å². The van der Waals surface area contributed by atoms with Crippen LogP contribution >= 0.6 is 0 Å². The van der Waals surface area contributed by atoms with Crippen molar-refractivity contribution in [2.45, 2.75) is 61.1 Å². The molecular formula is C76H69F3N16O2. The van der Waals surface area contributed by atoms with Crippen molar-refractivity contribution in [1.82, 2.24) is 63.0 Å². The third-order valence-electron chi connectivity index (χ3n) is 15.3. The van der Waals surface area contributed by atoms with Gasteiger partial charge in [0, 0.05) is 78.7 Å². The van der Waals surface area contributed by atoms with Gasteiger partial charge >= 0.3 is 0 Å². The van der Waals surface area contributed by atoms with E-state index in [1.54, 1.807) is 79.5 Å². The lowest BCUT2D eigenvalue weighted by atomic mass is 9.97. The first kappa shape index (κ1) is 65.1. The quantitative estimate of drug-likeness (QED) is 0.0726. The second-order valence-corrected chi connectivity index (χ2v) is 25.3. The zero-order valence-corrected chi connectivity index (χ0v) is 54.4. The summed E-state index contributed by atoms with van der Waals surface area (Å²) in [5, 5.41) is 9.96. The van der Waals surface area contributed by atoms with Crippen LogP contribution in [0.2, 0.25) is 0 Å². The van der Waals surface area contributed by atoms with Gasteiger partial charge in [0.1, 0.15) is 47.4 Å². The van der Waals surface area contributed by atoms with Crippen LogP contribution in [0, 0.1) is 28.3 Å². The standard InChI is InChI=1S/C29H28FN5O.C26H20FN5O.C21H21FN6/c1-29(2,3)19-32-28-31-16-15-23(33-28)26-25(21-11-13-22(30)14-12-21)34-27-24(10-7-17-35(26)27)36-18-20-8-5-4-6-9-20;1-17(19-5-3-2-4-6-19)29-26-28-13-11-22(30-26)25-24(20-7-9-21(27)10-8-20)31-23-15-18(16-33)12-14-32(23)25;1-21(2,3)13-25-19-23-11-9-16(26-19)18-17(14-5-7-15(22)8-6-14)27-20-24-10-4-12-28(18)20/h4-17H,18-19H2,1-3H3,(H,31,32,33);2-17H,1H3,(H,28,29,30);4-12H,13H2,1-3H3,(H,23,25,26)/t;17-;/m.0./s1. The number of pyridine rings is 2. The van der Waals surface area contributed by atoms with E-state index in [2.05, 4.69) is 87.4 Å². The van der Waals surface area contributed by atoms with Crippen LogP contribution in [-0.4, -0.2) is 82.4 Å². The summed E-state index contributed by atoms with van der Waals surface area (Å²) in [7, 11) is 0. The van der Waals surface area contributed by atoms with Crippen LogP contribution in [0.3, 0.4) is 0 Å². The Morgan fingerprint density at radius 3 is 1.51 bits per heavy atom. The summed E-state index contributed by atoms with van der Waals surface area (Å²) in [6.07, 6.45) is 13.2. The molecule has 0 bridgehead atoms. The summed E-state index contributed by atoms with van der Waals surface area (Å²) >= 11 is 0. The van der Waals surface area contributed by atoms with Crippen molar-refractivity contribution in [2.75, 3.05) is 29.0 Å². The third kappa shape index (κ3) is 15.8. The number of aldehydes is 1. The van der Waals surface area contributed by atoms with Gasteiger partial charge in [-0.15, -0.1) is 0 Å². The van der Waals surface area contributed by atoms with Gasteiger partial charge in [-0.3, -0.25) is 18.0 Å². The van der Waals surface area contributed by atoms with Crippen LogP contribution in [0.15, 0.2) is 225 Å². The first-order valence-corrected chi connectivity index (χ1v) is 31.5. The molecule has 0 aliphatic heterocycles. The predicted molar refractivity (Wildman–Crippen MR) is 373 cm³/mol. The molecule has 0 saturated carbocycles. The number of benzene rings is 5. The molecule has 14 aromatic rings. The van der Waals surface area contributed by atoms with E-state index in [0.29, 0.717) is 87.0 Å². The Morgan fingerprint density at radius 1 is 0.474 bits per heavy atom. The molecule has 486 valence electrons. The Morgan fingerprint density at radius 2 is 0.959 bits per heavy atom. The minimum Gasteiger partial charge on any atom is -0.485 e. The number of hydrogen-bond donors (Lipinski definition) is 3.